The van der Waals surface area contributed by atoms with Crippen molar-refractivity contribution in [3.8, 4) is 0 Å². The van der Waals surface area contributed by atoms with Crippen molar-refractivity contribution in [3.05, 3.63) is 0 Å². The minimum atomic E-state index is -1.14. The zero-order chi connectivity index (χ0) is 14.5. The highest BCUT2D eigenvalue weighted by atomic mass is 32.1. The van der Waals surface area contributed by atoms with Gasteiger partial charge in [0.25, 0.3) is 0 Å². The largest absolute Gasteiger partial charge is 0.394 e. The van der Waals surface area contributed by atoms with Gasteiger partial charge in [-0.25, -0.2) is 9.98 Å². The molecule has 0 saturated carbocycles. The van der Waals surface area contributed by atoms with Crippen LogP contribution in [0.15, 0.2) is 15.0 Å². The van der Waals surface area contributed by atoms with Crippen LogP contribution in [0.5, 0.6) is 0 Å². The summed E-state index contributed by atoms with van der Waals surface area (Å²) in [5, 5.41) is 29.0. The zero-order valence-corrected chi connectivity index (χ0v) is 11.7. The van der Waals surface area contributed by atoms with Crippen molar-refractivity contribution in [2.75, 3.05) is 13.3 Å². The molecule has 0 aromatic rings. The van der Waals surface area contributed by atoms with Gasteiger partial charge in [0.15, 0.2) is 12.1 Å². The number of aliphatic hydroxyl groups is 3. The van der Waals surface area contributed by atoms with E-state index in [0.717, 1.165) is 0 Å². The molecular weight excluding hydrogens is 284 g/mol. The molecule has 3 aliphatic heterocycles. The smallest absolute Gasteiger partial charge is 0.162 e. The maximum atomic E-state index is 10.1. The molecule has 3 heterocycles. The number of aliphatic hydroxyl groups excluding tert-OH is 3. The average molecular weight is 300 g/mol. The maximum Gasteiger partial charge on any atom is 0.162 e. The first kappa shape index (κ1) is 14.0. The second-order valence-electron chi connectivity index (χ2n) is 5.06. The molecule has 110 valence electrons. The van der Waals surface area contributed by atoms with E-state index in [4.69, 9.17) is 9.84 Å². The number of fused-ring (bicyclic) bond motifs is 1. The molecule has 20 heavy (non-hydrogen) atoms. The number of nitrogens with zero attached hydrogens (tertiary/aromatic N) is 4. The quantitative estimate of drug-likeness (QED) is 0.451. The minimum Gasteiger partial charge on any atom is -0.394 e. The van der Waals surface area contributed by atoms with Crippen molar-refractivity contribution < 1.29 is 20.1 Å². The molecule has 5 atom stereocenters. The molecule has 0 aromatic heterocycles. The Bertz CT molecular complexity index is 507. The van der Waals surface area contributed by atoms with Crippen LogP contribution < -0.4 is 0 Å². The summed E-state index contributed by atoms with van der Waals surface area (Å²) < 4.78 is 5.49. The third-order valence-corrected chi connectivity index (χ3v) is 3.95. The molecule has 0 bridgehead atoms. The van der Waals surface area contributed by atoms with Gasteiger partial charge in [-0.1, -0.05) is 0 Å². The molecule has 3 aliphatic rings. The summed E-state index contributed by atoms with van der Waals surface area (Å²) in [5.74, 6) is 0.521. The fraction of sp³-hybridized carbons (Fsp3) is 0.727. The molecule has 0 amide bonds. The molecule has 3 rings (SSSR count). The molecule has 1 unspecified atom stereocenters. The van der Waals surface area contributed by atoms with E-state index >= 15 is 0 Å². The molecule has 1 saturated heterocycles. The Hall–Kier alpha value is -1.00. The Labute approximate surface area is 120 Å². The molecule has 1 fully saturated rings. The number of ether oxygens (including phenoxy) is 1. The van der Waals surface area contributed by atoms with Crippen LogP contribution in [-0.4, -0.2) is 80.8 Å². The fourth-order valence-corrected chi connectivity index (χ4v) is 2.74. The fourth-order valence-electron chi connectivity index (χ4n) is 2.51. The normalized spacial score (nSPS) is 43.5. The van der Waals surface area contributed by atoms with Gasteiger partial charge in [0.05, 0.1) is 6.61 Å². The molecule has 0 aromatic carbocycles. The van der Waals surface area contributed by atoms with E-state index in [2.05, 4.69) is 27.6 Å². The average Bonchev–Trinajstić information content (AvgIpc) is 2.94. The lowest BCUT2D eigenvalue weighted by molar-refractivity contribution is -0.0688. The standard InChI is InChI=1S/C11H16N4O4S/c1-11(20)8-9(12-3-14-11)15(4-13-8)10-7(18)6(17)5(2-16)19-10/h3,5-7,10,16-18,20H,2,4H2,1H3/t5-,6-,7-,10-,11?/m1/s1. The number of thiol groups is 1. The van der Waals surface area contributed by atoms with Crippen molar-refractivity contribution in [1.29, 1.82) is 0 Å². The van der Waals surface area contributed by atoms with E-state index in [9.17, 15) is 10.2 Å². The van der Waals surface area contributed by atoms with Crippen molar-refractivity contribution in [2.24, 2.45) is 15.0 Å². The van der Waals surface area contributed by atoms with Gasteiger partial charge in [-0.3, -0.25) is 4.99 Å². The van der Waals surface area contributed by atoms with Gasteiger partial charge < -0.3 is 25.0 Å². The monoisotopic (exact) mass is 300 g/mol. The van der Waals surface area contributed by atoms with Crippen molar-refractivity contribution >= 4 is 30.5 Å². The lowest BCUT2D eigenvalue weighted by Gasteiger charge is -2.30. The summed E-state index contributed by atoms with van der Waals surface area (Å²) in [4.78, 5) is 13.5. The Kier molecular flexibility index (Phi) is 3.33. The molecule has 0 spiro atoms. The first-order valence-corrected chi connectivity index (χ1v) is 6.68. The molecule has 8 nitrogen and oxygen atoms in total. The summed E-state index contributed by atoms with van der Waals surface area (Å²) in [6.07, 6.45) is -2.53. The lowest BCUT2D eigenvalue weighted by atomic mass is 10.1. The van der Waals surface area contributed by atoms with Gasteiger partial charge >= 0.3 is 0 Å². The van der Waals surface area contributed by atoms with Crippen LogP contribution in [0.4, 0.5) is 0 Å². The lowest BCUT2D eigenvalue weighted by Crippen LogP contribution is -2.49. The van der Waals surface area contributed by atoms with Gasteiger partial charge in [0.2, 0.25) is 0 Å². The van der Waals surface area contributed by atoms with Gasteiger partial charge in [-0.2, -0.15) is 0 Å². The molecule has 9 heteroatoms. The van der Waals surface area contributed by atoms with Crippen LogP contribution >= 0.6 is 12.6 Å². The van der Waals surface area contributed by atoms with Crippen molar-refractivity contribution in [2.45, 2.75) is 36.3 Å². The first-order chi connectivity index (χ1) is 9.45. The van der Waals surface area contributed by atoms with Crippen LogP contribution in [0.3, 0.4) is 0 Å². The predicted octanol–water partition coefficient (Wildman–Crippen LogP) is -1.77. The number of amidine groups is 1. The van der Waals surface area contributed by atoms with Crippen molar-refractivity contribution in [1.82, 2.24) is 4.90 Å². The van der Waals surface area contributed by atoms with Crippen molar-refractivity contribution in [3.63, 3.8) is 0 Å². The molecule has 3 N–H and O–H groups in total. The van der Waals surface area contributed by atoms with Crippen LogP contribution in [0.1, 0.15) is 6.92 Å². The van der Waals surface area contributed by atoms with E-state index in [-0.39, 0.29) is 13.3 Å². The Morgan fingerprint density at radius 2 is 2.25 bits per heavy atom. The van der Waals surface area contributed by atoms with E-state index in [0.29, 0.717) is 11.5 Å². The topological polar surface area (TPSA) is 110 Å². The number of hydrogen-bond acceptors (Lipinski definition) is 9. The highest BCUT2D eigenvalue weighted by Crippen LogP contribution is 2.31. The number of hydrogen-bond donors (Lipinski definition) is 4. The predicted molar refractivity (Wildman–Crippen MR) is 75.2 cm³/mol. The summed E-state index contributed by atoms with van der Waals surface area (Å²) in [6.45, 7) is 1.66. The Balaban J connectivity index is 1.85. The number of rotatable bonds is 2. The van der Waals surface area contributed by atoms with Crippen LogP contribution in [0, 0.1) is 0 Å². The highest BCUT2D eigenvalue weighted by molar-refractivity contribution is 7.83. The van der Waals surface area contributed by atoms with E-state index in [1.807, 2.05) is 0 Å². The third-order valence-electron chi connectivity index (χ3n) is 3.63. The SMILES string of the molecule is CC1(S)N=CN=C2C1=NCN2[C@@H]1O[C@H](CO)[C@@H](O)[C@H]1O. The second kappa shape index (κ2) is 4.78. The summed E-state index contributed by atoms with van der Waals surface area (Å²) >= 11 is 4.42. The number of aliphatic imine (C=N–C) groups is 3. The Morgan fingerprint density at radius 3 is 2.90 bits per heavy atom. The van der Waals surface area contributed by atoms with E-state index in [1.54, 1.807) is 11.8 Å². The minimum absolute atomic E-state index is 0.236. The third kappa shape index (κ3) is 1.97. The summed E-state index contributed by atoms with van der Waals surface area (Å²) in [7, 11) is 0. The molecular formula is C11H16N4O4S. The van der Waals surface area contributed by atoms with Gasteiger partial charge in [-0.15, -0.1) is 12.6 Å². The van der Waals surface area contributed by atoms with Gasteiger partial charge in [-0.05, 0) is 6.92 Å². The maximum absolute atomic E-state index is 10.1. The van der Waals surface area contributed by atoms with E-state index < -0.39 is 29.4 Å². The van der Waals surface area contributed by atoms with Gasteiger partial charge in [0, 0.05) is 0 Å². The van der Waals surface area contributed by atoms with E-state index in [1.165, 1.54) is 6.34 Å². The summed E-state index contributed by atoms with van der Waals surface area (Å²) in [5.41, 5.74) is 0.598. The van der Waals surface area contributed by atoms with Crippen LogP contribution in [0.25, 0.3) is 0 Å². The molecule has 0 radical (unpaired) electrons. The van der Waals surface area contributed by atoms with Crippen LogP contribution in [-0.2, 0) is 4.74 Å². The Morgan fingerprint density at radius 1 is 1.50 bits per heavy atom. The summed E-state index contributed by atoms with van der Waals surface area (Å²) in [6, 6.07) is 0. The molecule has 0 aliphatic carbocycles. The highest BCUT2D eigenvalue weighted by Gasteiger charge is 2.49. The zero-order valence-electron chi connectivity index (χ0n) is 10.8. The van der Waals surface area contributed by atoms with Crippen LogP contribution in [0.2, 0.25) is 0 Å². The van der Waals surface area contributed by atoms with Gasteiger partial charge in [0.1, 0.15) is 41.9 Å². The first-order valence-electron chi connectivity index (χ1n) is 6.24. The second-order valence-corrected chi connectivity index (χ2v) is 5.94.